The van der Waals surface area contributed by atoms with Crippen LogP contribution in [0.1, 0.15) is 5.56 Å². The number of carbonyl (C=O) groups excluding carboxylic acids is 1. The van der Waals surface area contributed by atoms with Crippen LogP contribution >= 0.6 is 11.6 Å². The first-order valence-corrected chi connectivity index (χ1v) is 10.5. The molecule has 0 radical (unpaired) electrons. The molecule has 3 aromatic rings. The Balaban J connectivity index is 2.28. The number of carbonyl (C=O) groups is 1. The maximum atomic E-state index is 13.6. The van der Waals surface area contributed by atoms with E-state index < -0.39 is 40.9 Å². The molecular weight excluding hydrogens is 518 g/mol. The van der Waals surface area contributed by atoms with Crippen LogP contribution < -0.4 is 20.1 Å². The maximum Gasteiger partial charge on any atom is 0.472 e. The third-order valence-electron chi connectivity index (χ3n) is 4.94. The molecule has 0 atom stereocenters. The van der Waals surface area contributed by atoms with Gasteiger partial charge in [0.25, 0.3) is 0 Å². The SMILES string of the molecule is COc1ccc(N(C(=O)C(F)(F)F)c2ccc(OCCN)c(-c3c(Cl)cnn3C)c2)cc1C(F)(F)F. The van der Waals surface area contributed by atoms with Crippen LogP contribution in [0.5, 0.6) is 11.5 Å². The second-order valence-corrected chi connectivity index (χ2v) is 7.71. The minimum absolute atomic E-state index is 0.0421. The van der Waals surface area contributed by atoms with Gasteiger partial charge in [-0.15, -0.1) is 0 Å². The minimum Gasteiger partial charge on any atom is -0.496 e. The summed E-state index contributed by atoms with van der Waals surface area (Å²) in [6.07, 6.45) is -9.10. The van der Waals surface area contributed by atoms with Gasteiger partial charge >= 0.3 is 18.3 Å². The Bertz CT molecular complexity index is 1240. The third kappa shape index (κ3) is 5.51. The number of hydrogen-bond acceptors (Lipinski definition) is 5. The molecule has 0 saturated heterocycles. The summed E-state index contributed by atoms with van der Waals surface area (Å²) in [7, 11) is 2.49. The van der Waals surface area contributed by atoms with Crippen LogP contribution in [0.3, 0.4) is 0 Å². The largest absolute Gasteiger partial charge is 0.496 e. The molecule has 1 aromatic heterocycles. The van der Waals surface area contributed by atoms with Gasteiger partial charge in [0.15, 0.2) is 0 Å². The summed E-state index contributed by atoms with van der Waals surface area (Å²) in [4.78, 5) is 12.6. The Labute approximate surface area is 205 Å². The van der Waals surface area contributed by atoms with E-state index in [-0.39, 0.29) is 40.1 Å². The molecule has 0 saturated carbocycles. The average Bonchev–Trinajstić information content (AvgIpc) is 3.14. The smallest absolute Gasteiger partial charge is 0.472 e. The summed E-state index contributed by atoms with van der Waals surface area (Å²) in [6, 6.07) is 5.63. The van der Waals surface area contributed by atoms with E-state index in [1.807, 2.05) is 0 Å². The van der Waals surface area contributed by atoms with E-state index in [0.29, 0.717) is 6.07 Å². The van der Waals surface area contributed by atoms with Crippen molar-refractivity contribution in [3.63, 3.8) is 0 Å². The zero-order valence-corrected chi connectivity index (χ0v) is 19.5. The van der Waals surface area contributed by atoms with Gasteiger partial charge in [-0.3, -0.25) is 14.4 Å². The summed E-state index contributed by atoms with van der Waals surface area (Å²) in [5.41, 5.74) is 3.39. The van der Waals surface area contributed by atoms with Gasteiger partial charge in [0.2, 0.25) is 0 Å². The van der Waals surface area contributed by atoms with Gasteiger partial charge in [0.1, 0.15) is 18.1 Å². The molecular formula is C22H19ClF6N4O3. The average molecular weight is 537 g/mol. The molecule has 0 aliphatic heterocycles. The van der Waals surface area contributed by atoms with Gasteiger partial charge in [-0.1, -0.05) is 11.6 Å². The van der Waals surface area contributed by atoms with E-state index in [4.69, 9.17) is 26.8 Å². The van der Waals surface area contributed by atoms with Crippen LogP contribution in [0, 0.1) is 0 Å². The number of benzene rings is 2. The predicted octanol–water partition coefficient (Wildman–Crippen LogP) is 5.33. The van der Waals surface area contributed by atoms with Crippen molar-refractivity contribution < 1.29 is 40.6 Å². The van der Waals surface area contributed by atoms with Crippen molar-refractivity contribution in [2.24, 2.45) is 12.8 Å². The molecule has 7 nitrogen and oxygen atoms in total. The number of alkyl halides is 6. The number of aromatic nitrogens is 2. The van der Waals surface area contributed by atoms with Gasteiger partial charge in [-0.25, -0.2) is 0 Å². The number of ether oxygens (including phenoxy) is 2. The minimum atomic E-state index is -5.42. The number of rotatable bonds is 7. The van der Waals surface area contributed by atoms with Crippen molar-refractivity contribution >= 4 is 28.9 Å². The van der Waals surface area contributed by atoms with Crippen LogP contribution in [0.4, 0.5) is 37.7 Å². The summed E-state index contributed by atoms with van der Waals surface area (Å²) < 4.78 is 93.0. The molecule has 2 aromatic carbocycles. The van der Waals surface area contributed by atoms with E-state index in [0.717, 1.165) is 31.4 Å². The molecule has 0 bridgehead atoms. The fourth-order valence-corrected chi connectivity index (χ4v) is 3.69. The zero-order valence-electron chi connectivity index (χ0n) is 18.7. The van der Waals surface area contributed by atoms with Gasteiger partial charge in [-0.05, 0) is 36.4 Å². The number of amides is 1. The fraction of sp³-hybridized carbons (Fsp3) is 0.273. The molecule has 0 spiro atoms. The molecule has 1 heterocycles. The molecule has 36 heavy (non-hydrogen) atoms. The maximum absolute atomic E-state index is 13.6. The fourth-order valence-electron chi connectivity index (χ4n) is 3.42. The number of halogens is 7. The summed E-state index contributed by atoms with van der Waals surface area (Å²) in [5.74, 6) is -2.89. The highest BCUT2D eigenvalue weighted by Crippen LogP contribution is 2.43. The molecule has 1 amide bonds. The molecule has 0 unspecified atom stereocenters. The quantitative estimate of drug-likeness (QED) is 0.413. The van der Waals surface area contributed by atoms with E-state index >= 15 is 0 Å². The van der Waals surface area contributed by atoms with Crippen molar-refractivity contribution in [1.29, 1.82) is 0 Å². The Kier molecular flexibility index (Phi) is 7.74. The molecule has 0 aliphatic rings. The van der Waals surface area contributed by atoms with E-state index in [1.165, 1.54) is 24.0 Å². The van der Waals surface area contributed by atoms with Crippen LogP contribution in [-0.2, 0) is 18.0 Å². The summed E-state index contributed by atoms with van der Waals surface area (Å²) >= 11 is 6.21. The summed E-state index contributed by atoms with van der Waals surface area (Å²) in [5, 5.41) is 4.10. The second kappa shape index (κ2) is 10.3. The predicted molar refractivity (Wildman–Crippen MR) is 119 cm³/mol. The van der Waals surface area contributed by atoms with E-state index in [2.05, 4.69) is 5.10 Å². The number of anilines is 2. The molecule has 2 N–H and O–H groups in total. The topological polar surface area (TPSA) is 82.6 Å². The van der Waals surface area contributed by atoms with Gasteiger partial charge in [0, 0.05) is 19.2 Å². The van der Waals surface area contributed by atoms with E-state index in [9.17, 15) is 31.1 Å². The Morgan fingerprint density at radius 3 is 2.19 bits per heavy atom. The van der Waals surface area contributed by atoms with Crippen LogP contribution in [0.25, 0.3) is 11.3 Å². The highest BCUT2D eigenvalue weighted by Gasteiger charge is 2.45. The second-order valence-electron chi connectivity index (χ2n) is 7.30. The highest BCUT2D eigenvalue weighted by atomic mass is 35.5. The standard InChI is InChI=1S/C22H19ClF6N4O3/c1-32-19(16(23)11-31-32)14-9-12(3-5-17(14)36-8-7-30)33(20(34)22(27,28)29)13-4-6-18(35-2)15(10-13)21(24,25)26/h3-6,9-11H,7-8,30H2,1-2H3. The number of hydrogen-bond donors (Lipinski definition) is 1. The molecule has 3 rings (SSSR count). The lowest BCUT2D eigenvalue weighted by Crippen LogP contribution is -2.38. The highest BCUT2D eigenvalue weighted by molar-refractivity contribution is 6.33. The molecule has 0 aliphatic carbocycles. The Morgan fingerprint density at radius 1 is 1.08 bits per heavy atom. The van der Waals surface area contributed by atoms with Crippen molar-refractivity contribution in [2.75, 3.05) is 25.2 Å². The number of nitrogens with zero attached hydrogens (tertiary/aromatic N) is 3. The van der Waals surface area contributed by atoms with Crippen LogP contribution in [0.2, 0.25) is 5.02 Å². The number of nitrogens with two attached hydrogens (primary N) is 1. The Hall–Kier alpha value is -3.45. The van der Waals surface area contributed by atoms with Crippen molar-refractivity contribution in [1.82, 2.24) is 9.78 Å². The van der Waals surface area contributed by atoms with Crippen LogP contribution in [-0.4, -0.2) is 42.1 Å². The van der Waals surface area contributed by atoms with Gasteiger partial charge < -0.3 is 15.2 Å². The third-order valence-corrected chi connectivity index (χ3v) is 5.21. The monoisotopic (exact) mass is 536 g/mol. The number of aryl methyl sites for hydroxylation is 1. The molecule has 14 heteroatoms. The normalized spacial score (nSPS) is 11.9. The van der Waals surface area contributed by atoms with Gasteiger partial charge in [0.05, 0.1) is 41.0 Å². The van der Waals surface area contributed by atoms with E-state index in [1.54, 1.807) is 0 Å². The first kappa shape index (κ1) is 27.1. The first-order chi connectivity index (χ1) is 16.8. The zero-order chi connectivity index (χ0) is 26.8. The molecule has 194 valence electrons. The lowest BCUT2D eigenvalue weighted by molar-refractivity contribution is -0.169. The van der Waals surface area contributed by atoms with Crippen molar-refractivity contribution in [2.45, 2.75) is 12.4 Å². The number of methoxy groups -OCH3 is 1. The lowest BCUT2D eigenvalue weighted by atomic mass is 10.1. The summed E-state index contributed by atoms with van der Waals surface area (Å²) in [6.45, 7) is 0.158. The first-order valence-electron chi connectivity index (χ1n) is 10.1. The molecule has 0 fully saturated rings. The van der Waals surface area contributed by atoms with Crippen molar-refractivity contribution in [3.05, 3.63) is 53.2 Å². The van der Waals surface area contributed by atoms with Crippen LogP contribution in [0.15, 0.2) is 42.6 Å². The Morgan fingerprint density at radius 2 is 1.69 bits per heavy atom. The lowest BCUT2D eigenvalue weighted by Gasteiger charge is -2.26. The van der Waals surface area contributed by atoms with Gasteiger partial charge in [-0.2, -0.15) is 31.4 Å². The van der Waals surface area contributed by atoms with Crippen molar-refractivity contribution in [3.8, 4) is 22.8 Å².